The highest BCUT2D eigenvalue weighted by molar-refractivity contribution is 9.12. The molecule has 0 unspecified atom stereocenters. The van der Waals surface area contributed by atoms with Crippen LogP contribution >= 0.6 is 15.9 Å². The van der Waals surface area contributed by atoms with Crippen LogP contribution in [0.1, 0.15) is 5.56 Å². The third-order valence-corrected chi connectivity index (χ3v) is 2.98. The molecule has 0 saturated heterocycles. The highest BCUT2D eigenvalue weighted by atomic mass is 79.9. The van der Waals surface area contributed by atoms with Gasteiger partial charge < -0.3 is 0 Å². The first kappa shape index (κ1) is 14.9. The van der Waals surface area contributed by atoms with Gasteiger partial charge in [-0.15, -0.1) is 0 Å². The van der Waals surface area contributed by atoms with Crippen LogP contribution in [0.2, 0.25) is 0 Å². The van der Waals surface area contributed by atoms with Crippen molar-refractivity contribution in [2.24, 2.45) is 5.10 Å². The fourth-order valence-electron chi connectivity index (χ4n) is 1.60. The van der Waals surface area contributed by atoms with Gasteiger partial charge >= 0.3 is 0 Å². The third-order valence-electron chi connectivity index (χ3n) is 2.54. The van der Waals surface area contributed by atoms with E-state index in [1.165, 1.54) is 12.1 Å². The largest absolute Gasteiger partial charge is 0.278 e. The maximum Gasteiger partial charge on any atom is 0.271 e. The van der Waals surface area contributed by atoms with Crippen molar-refractivity contribution in [3.05, 3.63) is 74.8 Å². The lowest BCUT2D eigenvalue weighted by molar-refractivity contribution is -0.384. The lowest BCUT2D eigenvalue weighted by Crippen LogP contribution is -1.92. The van der Waals surface area contributed by atoms with Crippen molar-refractivity contribution in [2.75, 3.05) is 5.43 Å². The van der Waals surface area contributed by atoms with Crippen molar-refractivity contribution in [1.82, 2.24) is 0 Å². The minimum absolute atomic E-state index is 0.0223. The molecule has 0 aromatic heterocycles. The van der Waals surface area contributed by atoms with Crippen molar-refractivity contribution >= 4 is 39.6 Å². The fourth-order valence-corrected chi connectivity index (χ4v) is 1.97. The van der Waals surface area contributed by atoms with Gasteiger partial charge in [-0.3, -0.25) is 15.5 Å². The standard InChI is InChI=1S/C15H12BrN3O2/c16-13(9-12-5-2-1-3-6-12)11-17-18-14-7-4-8-15(10-14)19(20)21/h1-11,18H. The number of nitro groups is 1. The summed E-state index contributed by atoms with van der Waals surface area (Å²) in [6.45, 7) is 0. The minimum Gasteiger partial charge on any atom is -0.278 e. The summed E-state index contributed by atoms with van der Waals surface area (Å²) in [4.78, 5) is 10.2. The minimum atomic E-state index is -0.444. The number of halogens is 1. The number of nitrogens with zero attached hydrogens (tertiary/aromatic N) is 2. The fraction of sp³-hybridized carbons (Fsp3) is 0. The van der Waals surface area contributed by atoms with E-state index in [9.17, 15) is 10.1 Å². The zero-order valence-corrected chi connectivity index (χ0v) is 12.5. The Balaban J connectivity index is 2.00. The van der Waals surface area contributed by atoms with Crippen LogP contribution in [0.25, 0.3) is 6.08 Å². The molecule has 0 aliphatic rings. The number of hydrogen-bond donors (Lipinski definition) is 1. The second-order valence-corrected chi connectivity index (χ2v) is 5.03. The first-order valence-electron chi connectivity index (χ1n) is 6.11. The molecular formula is C15H12BrN3O2. The Bertz CT molecular complexity index is 684. The van der Waals surface area contributed by atoms with Gasteiger partial charge in [-0.1, -0.05) is 36.4 Å². The second kappa shape index (κ2) is 7.35. The smallest absolute Gasteiger partial charge is 0.271 e. The van der Waals surface area contributed by atoms with E-state index < -0.39 is 4.92 Å². The molecule has 106 valence electrons. The quantitative estimate of drug-likeness (QED) is 0.495. The molecule has 2 rings (SSSR count). The number of anilines is 1. The molecule has 0 atom stereocenters. The van der Waals surface area contributed by atoms with E-state index in [1.54, 1.807) is 18.3 Å². The van der Waals surface area contributed by atoms with E-state index >= 15 is 0 Å². The van der Waals surface area contributed by atoms with Gasteiger partial charge in [0.1, 0.15) is 0 Å². The molecule has 0 bridgehead atoms. The van der Waals surface area contributed by atoms with Crippen molar-refractivity contribution in [1.29, 1.82) is 0 Å². The molecule has 0 aliphatic carbocycles. The molecule has 2 aromatic carbocycles. The van der Waals surface area contributed by atoms with Gasteiger partial charge in [0, 0.05) is 16.6 Å². The summed E-state index contributed by atoms with van der Waals surface area (Å²) >= 11 is 3.39. The average Bonchev–Trinajstić information content (AvgIpc) is 2.48. The van der Waals surface area contributed by atoms with E-state index in [-0.39, 0.29) is 5.69 Å². The molecular weight excluding hydrogens is 334 g/mol. The van der Waals surface area contributed by atoms with Crippen molar-refractivity contribution in [3.63, 3.8) is 0 Å². The monoisotopic (exact) mass is 345 g/mol. The molecule has 0 aliphatic heterocycles. The maximum absolute atomic E-state index is 10.7. The van der Waals surface area contributed by atoms with Crippen LogP contribution in [0.15, 0.2) is 64.2 Å². The van der Waals surface area contributed by atoms with Crippen LogP contribution < -0.4 is 5.43 Å². The van der Waals surface area contributed by atoms with Crippen molar-refractivity contribution in [2.45, 2.75) is 0 Å². The van der Waals surface area contributed by atoms with Gasteiger partial charge in [0.25, 0.3) is 5.69 Å². The number of non-ortho nitro benzene ring substituents is 1. The van der Waals surface area contributed by atoms with E-state index in [0.717, 1.165) is 10.0 Å². The van der Waals surface area contributed by atoms with Crippen LogP contribution in [-0.2, 0) is 0 Å². The Morgan fingerprint density at radius 3 is 2.67 bits per heavy atom. The van der Waals surface area contributed by atoms with E-state index in [1.807, 2.05) is 36.4 Å². The number of allylic oxidation sites excluding steroid dienone is 1. The summed E-state index contributed by atoms with van der Waals surface area (Å²) < 4.78 is 0.784. The molecule has 0 heterocycles. The predicted octanol–water partition coefficient (Wildman–Crippen LogP) is 4.43. The molecule has 1 N–H and O–H groups in total. The Morgan fingerprint density at radius 1 is 1.19 bits per heavy atom. The highest BCUT2D eigenvalue weighted by Crippen LogP contribution is 2.17. The maximum atomic E-state index is 10.7. The third kappa shape index (κ3) is 4.85. The first-order chi connectivity index (χ1) is 10.1. The molecule has 5 nitrogen and oxygen atoms in total. The number of benzene rings is 2. The normalized spacial score (nSPS) is 11.6. The van der Waals surface area contributed by atoms with Crippen LogP contribution in [0, 0.1) is 10.1 Å². The van der Waals surface area contributed by atoms with Gasteiger partial charge in [-0.2, -0.15) is 5.10 Å². The zero-order chi connectivity index (χ0) is 15.1. The molecule has 0 saturated carbocycles. The molecule has 2 aromatic rings. The van der Waals surface area contributed by atoms with Crippen molar-refractivity contribution in [3.8, 4) is 0 Å². The first-order valence-corrected chi connectivity index (χ1v) is 6.90. The number of hydrazone groups is 1. The summed E-state index contributed by atoms with van der Waals surface area (Å²) in [5.41, 5.74) is 4.38. The van der Waals surface area contributed by atoms with Gasteiger partial charge in [-0.05, 0) is 33.6 Å². The number of nitrogens with one attached hydrogen (secondary N) is 1. The SMILES string of the molecule is O=[N+]([O-])c1cccc(NN=CC(Br)=Cc2ccccc2)c1. The van der Waals surface area contributed by atoms with Gasteiger partial charge in [0.2, 0.25) is 0 Å². The van der Waals surface area contributed by atoms with E-state index in [0.29, 0.717) is 5.69 Å². The van der Waals surface area contributed by atoms with Crippen LogP contribution in [0.5, 0.6) is 0 Å². The van der Waals surface area contributed by atoms with Crippen molar-refractivity contribution < 1.29 is 4.92 Å². The number of nitro benzene ring substituents is 1. The average molecular weight is 346 g/mol. The summed E-state index contributed by atoms with van der Waals surface area (Å²) in [5.74, 6) is 0. The summed E-state index contributed by atoms with van der Waals surface area (Å²) in [5, 5.41) is 14.7. The Labute approximate surface area is 130 Å². The van der Waals surface area contributed by atoms with E-state index in [2.05, 4.69) is 26.5 Å². The Kier molecular flexibility index (Phi) is 5.22. The molecule has 0 radical (unpaired) electrons. The topological polar surface area (TPSA) is 67.5 Å². The van der Waals surface area contributed by atoms with Crippen LogP contribution in [0.4, 0.5) is 11.4 Å². The number of hydrogen-bond acceptors (Lipinski definition) is 4. The molecule has 0 amide bonds. The van der Waals surface area contributed by atoms with Gasteiger partial charge in [0.15, 0.2) is 0 Å². The summed E-state index contributed by atoms with van der Waals surface area (Å²) in [7, 11) is 0. The lowest BCUT2D eigenvalue weighted by atomic mass is 10.2. The zero-order valence-electron chi connectivity index (χ0n) is 10.9. The van der Waals surface area contributed by atoms with E-state index in [4.69, 9.17) is 0 Å². The second-order valence-electron chi connectivity index (χ2n) is 4.12. The summed E-state index contributed by atoms with van der Waals surface area (Å²) in [6, 6.07) is 16.0. The van der Waals surface area contributed by atoms with Gasteiger partial charge in [0.05, 0.1) is 16.8 Å². The molecule has 0 spiro atoms. The molecule has 6 heteroatoms. The Morgan fingerprint density at radius 2 is 1.95 bits per heavy atom. The molecule has 0 fully saturated rings. The number of rotatable bonds is 5. The predicted molar refractivity (Wildman–Crippen MR) is 88.6 cm³/mol. The molecule has 21 heavy (non-hydrogen) atoms. The highest BCUT2D eigenvalue weighted by Gasteiger charge is 2.04. The summed E-state index contributed by atoms with van der Waals surface area (Å²) in [6.07, 6.45) is 3.50. The van der Waals surface area contributed by atoms with Gasteiger partial charge in [-0.25, -0.2) is 0 Å². The van der Waals surface area contributed by atoms with Crippen LogP contribution in [-0.4, -0.2) is 11.1 Å². The van der Waals surface area contributed by atoms with Crippen LogP contribution in [0.3, 0.4) is 0 Å². The Hall–Kier alpha value is -2.47. The lowest BCUT2D eigenvalue weighted by Gasteiger charge is -1.99.